The van der Waals surface area contributed by atoms with E-state index in [0.29, 0.717) is 11.5 Å². The highest BCUT2D eigenvalue weighted by atomic mass is 16.6. The maximum absolute atomic E-state index is 11.9. The first-order chi connectivity index (χ1) is 16.2. The van der Waals surface area contributed by atoms with Gasteiger partial charge in [-0.3, -0.25) is 0 Å². The second-order valence-corrected chi connectivity index (χ2v) is 7.14. The SMILES string of the molecule is C=C(C)C(=O)OCCNC(=O)Oc1ccc2cc(OC(=O)NCCOC(=O)C(=C)C)ccc2c1. The molecule has 0 bridgehead atoms. The molecule has 0 aliphatic heterocycles. The van der Waals surface area contributed by atoms with Crippen LogP contribution in [0.3, 0.4) is 0 Å². The van der Waals surface area contributed by atoms with Crippen molar-refractivity contribution in [3.05, 3.63) is 60.7 Å². The zero-order chi connectivity index (χ0) is 25.1. The average molecular weight is 470 g/mol. The lowest BCUT2D eigenvalue weighted by atomic mass is 10.1. The molecule has 0 unspecified atom stereocenters. The van der Waals surface area contributed by atoms with Gasteiger partial charge in [-0.15, -0.1) is 0 Å². The van der Waals surface area contributed by atoms with Crippen LogP contribution in [-0.4, -0.2) is 50.4 Å². The zero-order valence-corrected chi connectivity index (χ0v) is 19.0. The average Bonchev–Trinajstić information content (AvgIpc) is 2.79. The zero-order valence-electron chi connectivity index (χ0n) is 19.0. The van der Waals surface area contributed by atoms with Gasteiger partial charge in [0.2, 0.25) is 0 Å². The maximum Gasteiger partial charge on any atom is 0.412 e. The second-order valence-electron chi connectivity index (χ2n) is 7.14. The summed E-state index contributed by atoms with van der Waals surface area (Å²) in [5.41, 5.74) is 0.545. The van der Waals surface area contributed by atoms with Crippen molar-refractivity contribution >= 4 is 34.9 Å². The fourth-order valence-electron chi connectivity index (χ4n) is 2.46. The monoisotopic (exact) mass is 470 g/mol. The van der Waals surface area contributed by atoms with Crippen molar-refractivity contribution < 1.29 is 38.1 Å². The molecule has 10 nitrogen and oxygen atoms in total. The molecule has 0 aromatic heterocycles. The molecule has 0 saturated heterocycles. The topological polar surface area (TPSA) is 129 Å². The maximum atomic E-state index is 11.9. The minimum atomic E-state index is -0.698. The number of amides is 2. The first-order valence-electron chi connectivity index (χ1n) is 10.3. The molecule has 2 aromatic rings. The van der Waals surface area contributed by atoms with Crippen LogP contribution in [0.2, 0.25) is 0 Å². The lowest BCUT2D eigenvalue weighted by molar-refractivity contribution is -0.139. The quantitative estimate of drug-likeness (QED) is 0.308. The van der Waals surface area contributed by atoms with Crippen LogP contribution in [0, 0.1) is 0 Å². The molecule has 0 radical (unpaired) electrons. The third kappa shape index (κ3) is 8.65. The number of ether oxygens (including phenoxy) is 4. The summed E-state index contributed by atoms with van der Waals surface area (Å²) in [5, 5.41) is 6.44. The first kappa shape index (κ1) is 25.9. The molecule has 2 amide bonds. The molecular weight excluding hydrogens is 444 g/mol. The molecule has 34 heavy (non-hydrogen) atoms. The Bertz CT molecular complexity index is 1020. The van der Waals surface area contributed by atoms with Crippen LogP contribution in [-0.2, 0) is 19.1 Å². The number of rotatable bonds is 10. The van der Waals surface area contributed by atoms with E-state index in [-0.39, 0.29) is 37.4 Å². The highest BCUT2D eigenvalue weighted by Crippen LogP contribution is 2.25. The number of carbonyl (C=O) groups is 4. The summed E-state index contributed by atoms with van der Waals surface area (Å²) in [7, 11) is 0. The van der Waals surface area contributed by atoms with Gasteiger partial charge in [0.15, 0.2) is 0 Å². The summed E-state index contributed by atoms with van der Waals surface area (Å²) in [6.07, 6.45) is -1.40. The molecule has 0 atom stereocenters. The number of benzene rings is 2. The normalized spacial score (nSPS) is 10.1. The molecule has 180 valence electrons. The van der Waals surface area contributed by atoms with Gasteiger partial charge in [-0.25, -0.2) is 19.2 Å². The Hall–Kier alpha value is -4.34. The van der Waals surface area contributed by atoms with E-state index in [2.05, 4.69) is 23.8 Å². The number of carbonyl (C=O) groups excluding carboxylic acids is 4. The van der Waals surface area contributed by atoms with Gasteiger partial charge in [-0.05, 0) is 48.9 Å². The van der Waals surface area contributed by atoms with Crippen LogP contribution in [0.25, 0.3) is 10.8 Å². The number of nitrogens with one attached hydrogen (secondary N) is 2. The predicted molar refractivity (Wildman–Crippen MR) is 124 cm³/mol. The van der Waals surface area contributed by atoms with Crippen LogP contribution < -0.4 is 20.1 Å². The Labute approximate surface area is 196 Å². The predicted octanol–water partition coefficient (Wildman–Crippen LogP) is 3.26. The van der Waals surface area contributed by atoms with Gasteiger partial charge in [0.05, 0.1) is 13.1 Å². The lowest BCUT2D eigenvalue weighted by Gasteiger charge is -2.10. The van der Waals surface area contributed by atoms with E-state index in [1.807, 2.05) is 0 Å². The first-order valence-corrected chi connectivity index (χ1v) is 10.3. The fourth-order valence-corrected chi connectivity index (χ4v) is 2.46. The van der Waals surface area contributed by atoms with Crippen molar-refractivity contribution in [3.8, 4) is 11.5 Å². The third-order valence-electron chi connectivity index (χ3n) is 4.11. The molecule has 2 aromatic carbocycles. The van der Waals surface area contributed by atoms with E-state index >= 15 is 0 Å². The minimum Gasteiger partial charge on any atom is -0.460 e. The van der Waals surface area contributed by atoms with Gasteiger partial charge in [-0.2, -0.15) is 0 Å². The molecule has 2 N–H and O–H groups in total. The fraction of sp³-hybridized carbons (Fsp3) is 0.250. The van der Waals surface area contributed by atoms with E-state index in [9.17, 15) is 19.2 Å². The molecule has 10 heteroatoms. The Kier molecular flexibility index (Phi) is 9.63. The lowest BCUT2D eigenvalue weighted by Crippen LogP contribution is -2.30. The van der Waals surface area contributed by atoms with Crippen molar-refractivity contribution in [1.29, 1.82) is 0 Å². The van der Waals surface area contributed by atoms with Crippen LogP contribution in [0.1, 0.15) is 13.8 Å². The van der Waals surface area contributed by atoms with Gasteiger partial charge in [0.1, 0.15) is 24.7 Å². The Morgan fingerprint density at radius 1 is 0.706 bits per heavy atom. The summed E-state index contributed by atoms with van der Waals surface area (Å²) >= 11 is 0. The number of fused-ring (bicyclic) bond motifs is 1. The molecular formula is C24H26N2O8. The smallest absolute Gasteiger partial charge is 0.412 e. The molecule has 0 aliphatic rings. The van der Waals surface area contributed by atoms with Crippen LogP contribution in [0.15, 0.2) is 60.7 Å². The van der Waals surface area contributed by atoms with E-state index < -0.39 is 24.1 Å². The summed E-state index contributed by atoms with van der Waals surface area (Å²) in [6, 6.07) is 9.88. The number of hydrogen-bond donors (Lipinski definition) is 2. The largest absolute Gasteiger partial charge is 0.460 e. The van der Waals surface area contributed by atoms with Crippen molar-refractivity contribution in [2.45, 2.75) is 13.8 Å². The minimum absolute atomic E-state index is 0.00545. The Morgan fingerprint density at radius 3 is 1.44 bits per heavy atom. The Morgan fingerprint density at radius 2 is 1.09 bits per heavy atom. The highest BCUT2D eigenvalue weighted by molar-refractivity contribution is 5.88. The second kappa shape index (κ2) is 12.6. The molecule has 0 spiro atoms. The highest BCUT2D eigenvalue weighted by Gasteiger charge is 2.09. The van der Waals surface area contributed by atoms with Crippen LogP contribution in [0.4, 0.5) is 9.59 Å². The molecule has 0 saturated carbocycles. The van der Waals surface area contributed by atoms with Crippen molar-refractivity contribution in [1.82, 2.24) is 10.6 Å². The van der Waals surface area contributed by atoms with Crippen molar-refractivity contribution in [3.63, 3.8) is 0 Å². The van der Waals surface area contributed by atoms with Gasteiger partial charge in [0, 0.05) is 11.1 Å². The summed E-state index contributed by atoms with van der Waals surface area (Å²) in [4.78, 5) is 46.3. The van der Waals surface area contributed by atoms with Crippen LogP contribution in [0.5, 0.6) is 11.5 Å². The van der Waals surface area contributed by atoms with Gasteiger partial charge >= 0.3 is 24.1 Å². The van der Waals surface area contributed by atoms with Gasteiger partial charge in [-0.1, -0.05) is 25.3 Å². The van der Waals surface area contributed by atoms with E-state index in [1.54, 1.807) is 36.4 Å². The third-order valence-corrected chi connectivity index (χ3v) is 4.11. The van der Waals surface area contributed by atoms with E-state index in [4.69, 9.17) is 18.9 Å². The number of hydrogen-bond acceptors (Lipinski definition) is 8. The summed E-state index contributed by atoms with van der Waals surface area (Å²) in [6.45, 7) is 10.1. The molecule has 0 heterocycles. The van der Waals surface area contributed by atoms with E-state index in [1.165, 1.54) is 13.8 Å². The van der Waals surface area contributed by atoms with Crippen molar-refractivity contribution in [2.75, 3.05) is 26.3 Å². The number of esters is 2. The summed E-state index contributed by atoms with van der Waals surface area (Å²) < 4.78 is 20.2. The van der Waals surface area contributed by atoms with Crippen molar-refractivity contribution in [2.24, 2.45) is 0 Å². The van der Waals surface area contributed by atoms with E-state index in [0.717, 1.165) is 10.8 Å². The Balaban J connectivity index is 1.81. The van der Waals surface area contributed by atoms with Gasteiger partial charge < -0.3 is 29.6 Å². The van der Waals surface area contributed by atoms with Crippen LogP contribution >= 0.6 is 0 Å². The molecule has 0 fully saturated rings. The standard InChI is InChI=1S/C24H26N2O8/c1-15(2)21(27)31-11-9-25-23(29)33-19-7-5-18-14-20(8-6-17(18)13-19)34-24(30)26-10-12-32-22(28)16(3)4/h5-8,13-14H,1,3,9-12H2,2,4H3,(H,25,29)(H,26,30). The molecule has 2 rings (SSSR count). The molecule has 0 aliphatic carbocycles. The summed E-state index contributed by atoms with van der Waals surface area (Å²) in [5.74, 6) is -0.455. The van der Waals surface area contributed by atoms with Gasteiger partial charge in [0.25, 0.3) is 0 Å².